The molecule has 0 spiro atoms. The van der Waals surface area contributed by atoms with E-state index in [0.29, 0.717) is 31.4 Å². The fourth-order valence-electron chi connectivity index (χ4n) is 5.85. The van der Waals surface area contributed by atoms with E-state index in [0.717, 1.165) is 106 Å². The molecule has 3 atom stereocenters. The molecule has 3 fully saturated rings. The number of terminal acetylenes is 1. The summed E-state index contributed by atoms with van der Waals surface area (Å²) in [6.45, 7) is 17.4. The molecule has 324 valence electrons. The van der Waals surface area contributed by atoms with E-state index in [9.17, 15) is 9.90 Å². The minimum Gasteiger partial charge on any atom is -1.00 e. The zero-order chi connectivity index (χ0) is 41.8. The molecule has 3 unspecified atom stereocenters. The molecular formula is C48H69BrMgO9. The Bertz CT molecular complexity index is 1450. The molecule has 3 heterocycles. The van der Waals surface area contributed by atoms with Crippen molar-refractivity contribution in [2.45, 2.75) is 115 Å². The van der Waals surface area contributed by atoms with E-state index in [2.05, 4.69) is 37.8 Å². The third-order valence-electron chi connectivity index (χ3n) is 8.76. The van der Waals surface area contributed by atoms with Crippen molar-refractivity contribution in [1.29, 1.82) is 0 Å². The Balaban J connectivity index is 0. The summed E-state index contributed by atoms with van der Waals surface area (Å²) in [5.74, 6) is 10.0. The van der Waals surface area contributed by atoms with Gasteiger partial charge in [-0.25, -0.2) is 0 Å². The van der Waals surface area contributed by atoms with Crippen LogP contribution in [0.5, 0.6) is 11.5 Å². The number of benzene rings is 2. The molecule has 0 aromatic heterocycles. The zero-order valence-electron chi connectivity index (χ0n) is 36.1. The van der Waals surface area contributed by atoms with Crippen molar-refractivity contribution in [3.8, 4) is 35.7 Å². The Kier molecular flexibility index (Phi) is 40.3. The smallest absolute Gasteiger partial charge is 1.00 e. The number of hydrogen-bond acceptors (Lipinski definition) is 9. The van der Waals surface area contributed by atoms with Crippen LogP contribution in [-0.4, -0.2) is 101 Å². The van der Waals surface area contributed by atoms with Gasteiger partial charge < -0.3 is 62.2 Å². The van der Waals surface area contributed by atoms with Gasteiger partial charge in [0, 0.05) is 56.0 Å². The van der Waals surface area contributed by atoms with Crippen molar-refractivity contribution in [2.75, 3.05) is 53.9 Å². The standard InChI is InChI=1S/C21H28O4.C11H12O2.C10H16O2.C4H8O.C2H5.BrH.Mg/c1-3-10-18-17(11-9-13-20(18)23-2)19(22)12-5-4-7-15-24-21-14-6-8-16-25-21;1-3-5-10-9(8-12)6-4-7-11(10)13-2;1-2-3-5-8-11-10-7-4-6-9-12-10;1-2-4-5-3-1;1-2;;/h3,9,11,13,19,21-22H,1,4,6-8,10,14-16H2,2H3;3-4,6-8H,1,5H2,2H3;1,10H,3-9H2;1-4H2;1H2,2H3;1H;/q;;;;-1;;+2/p-1. The van der Waals surface area contributed by atoms with Crippen LogP contribution in [0.4, 0.5) is 0 Å². The van der Waals surface area contributed by atoms with E-state index in [-0.39, 0.29) is 52.6 Å². The molecule has 11 heteroatoms. The molecule has 59 heavy (non-hydrogen) atoms. The summed E-state index contributed by atoms with van der Waals surface area (Å²) in [6, 6.07) is 11.0. The van der Waals surface area contributed by atoms with E-state index in [1.165, 1.54) is 32.1 Å². The van der Waals surface area contributed by atoms with E-state index in [1.54, 1.807) is 45.4 Å². The predicted octanol–water partition coefficient (Wildman–Crippen LogP) is 6.22. The van der Waals surface area contributed by atoms with Crippen LogP contribution in [0.15, 0.2) is 61.7 Å². The van der Waals surface area contributed by atoms with Crippen LogP contribution in [0.2, 0.25) is 0 Å². The van der Waals surface area contributed by atoms with Gasteiger partial charge in [0.15, 0.2) is 12.6 Å². The molecule has 9 nitrogen and oxygen atoms in total. The minimum atomic E-state index is -0.826. The molecule has 3 aliphatic heterocycles. The molecule has 3 saturated heterocycles. The van der Waals surface area contributed by atoms with Gasteiger partial charge in [-0.05, 0) is 94.7 Å². The molecule has 0 bridgehead atoms. The summed E-state index contributed by atoms with van der Waals surface area (Å²) >= 11 is 0. The number of aliphatic hydroxyl groups excluding tert-OH is 1. The zero-order valence-corrected chi connectivity index (χ0v) is 39.1. The predicted molar refractivity (Wildman–Crippen MR) is 235 cm³/mol. The van der Waals surface area contributed by atoms with Crippen molar-refractivity contribution in [2.24, 2.45) is 0 Å². The number of methoxy groups -OCH3 is 2. The quantitative estimate of drug-likeness (QED) is 0.0526. The van der Waals surface area contributed by atoms with E-state index < -0.39 is 6.10 Å². The van der Waals surface area contributed by atoms with Gasteiger partial charge in [0.25, 0.3) is 0 Å². The Morgan fingerprint density at radius 2 is 1.32 bits per heavy atom. The molecular weight excluding hydrogens is 825 g/mol. The summed E-state index contributed by atoms with van der Waals surface area (Å²) in [5, 5.41) is 10.4. The van der Waals surface area contributed by atoms with Gasteiger partial charge in [0.2, 0.25) is 0 Å². The van der Waals surface area contributed by atoms with Crippen molar-refractivity contribution in [3.05, 3.63) is 90.9 Å². The Morgan fingerprint density at radius 1 is 0.814 bits per heavy atom. The number of rotatable bonds is 16. The second-order valence-electron chi connectivity index (χ2n) is 12.9. The normalized spacial score (nSPS) is 16.6. The summed E-state index contributed by atoms with van der Waals surface area (Å²) < 4.78 is 37.5. The van der Waals surface area contributed by atoms with Gasteiger partial charge in [-0.2, -0.15) is 6.92 Å². The molecule has 0 aliphatic carbocycles. The first-order chi connectivity index (χ1) is 28.0. The van der Waals surface area contributed by atoms with Gasteiger partial charge >= 0.3 is 23.1 Å². The summed E-state index contributed by atoms with van der Waals surface area (Å²) in [7, 11) is 3.22. The Labute approximate surface area is 383 Å². The minimum absolute atomic E-state index is 0. The molecule has 3 aliphatic rings. The topological polar surface area (TPSA) is 102 Å². The van der Waals surface area contributed by atoms with E-state index in [1.807, 2.05) is 24.3 Å². The number of halogens is 1. The first-order valence-corrected chi connectivity index (χ1v) is 20.4. The fraction of sp³-hybridized carbons (Fsp3) is 0.542. The van der Waals surface area contributed by atoms with Gasteiger partial charge in [0.1, 0.15) is 23.9 Å². The van der Waals surface area contributed by atoms with Crippen LogP contribution < -0.4 is 26.5 Å². The number of carbonyl (C=O) groups excluding carboxylic acids is 1. The van der Waals surface area contributed by atoms with Crippen LogP contribution in [0.1, 0.15) is 117 Å². The number of hydrogen-bond donors (Lipinski definition) is 1. The van der Waals surface area contributed by atoms with Gasteiger partial charge in [-0.3, -0.25) is 4.79 Å². The van der Waals surface area contributed by atoms with Crippen molar-refractivity contribution in [1.82, 2.24) is 0 Å². The number of aldehydes is 1. The number of aliphatic hydroxyl groups is 1. The van der Waals surface area contributed by atoms with Crippen LogP contribution in [0, 0.1) is 31.1 Å². The van der Waals surface area contributed by atoms with E-state index >= 15 is 0 Å². The molecule has 0 amide bonds. The largest absolute Gasteiger partial charge is 2.00 e. The first-order valence-electron chi connectivity index (χ1n) is 20.4. The van der Waals surface area contributed by atoms with Crippen LogP contribution in [0.3, 0.4) is 0 Å². The monoisotopic (exact) mass is 892 g/mol. The molecule has 1 N–H and O–H groups in total. The maximum absolute atomic E-state index is 10.7. The molecule has 0 radical (unpaired) electrons. The third-order valence-corrected chi connectivity index (χ3v) is 8.76. The summed E-state index contributed by atoms with van der Waals surface area (Å²) in [4.78, 5) is 10.7. The Hall–Kier alpha value is -2.68. The number of allylic oxidation sites excluding steroid dienone is 2. The second kappa shape index (κ2) is 40.7. The van der Waals surface area contributed by atoms with E-state index in [4.69, 9.17) is 39.6 Å². The molecule has 5 rings (SSSR count). The van der Waals surface area contributed by atoms with Crippen molar-refractivity contribution in [3.63, 3.8) is 0 Å². The summed E-state index contributed by atoms with van der Waals surface area (Å²) in [5.41, 5.74) is 3.27. The number of unbranched alkanes of at least 4 members (excludes halogenated alkanes) is 2. The summed E-state index contributed by atoms with van der Waals surface area (Å²) in [6.07, 6.45) is 22.5. The van der Waals surface area contributed by atoms with Crippen molar-refractivity contribution >= 4 is 29.3 Å². The maximum atomic E-state index is 10.7. The SMILES string of the molecule is C#CCCCOC1CCCCO1.C1CCOC1.C=CCc1c(C=O)cccc1OC.C=CCc1c(OC)cccc1C(O)C#CCCCOC1CCCCO1.[Br-].[CH2-]C.[Mg+2]. The van der Waals surface area contributed by atoms with Crippen LogP contribution in [-0.2, 0) is 36.5 Å². The Morgan fingerprint density at radius 3 is 1.78 bits per heavy atom. The fourth-order valence-corrected chi connectivity index (χ4v) is 5.85. The van der Waals surface area contributed by atoms with Crippen LogP contribution >= 0.6 is 0 Å². The number of ether oxygens (including phenoxy) is 7. The van der Waals surface area contributed by atoms with Crippen LogP contribution in [0.25, 0.3) is 0 Å². The average Bonchev–Trinajstić information content (AvgIpc) is 3.87. The van der Waals surface area contributed by atoms with Gasteiger partial charge in [-0.15, -0.1) is 31.4 Å². The average molecular weight is 894 g/mol. The molecule has 0 saturated carbocycles. The molecule has 2 aromatic carbocycles. The van der Waals surface area contributed by atoms with Gasteiger partial charge in [0.05, 0.1) is 27.4 Å². The first kappa shape index (κ1) is 58.4. The maximum Gasteiger partial charge on any atom is 2.00 e. The second-order valence-corrected chi connectivity index (χ2v) is 12.9. The van der Waals surface area contributed by atoms with Gasteiger partial charge in [-0.1, -0.05) is 42.3 Å². The third kappa shape index (κ3) is 26.3. The molecule has 2 aromatic rings. The van der Waals surface area contributed by atoms with Crippen molar-refractivity contribution < 1.29 is 60.0 Å². The number of carbonyl (C=O) groups is 1.